The van der Waals surface area contributed by atoms with Gasteiger partial charge in [0.15, 0.2) is 11.9 Å². The van der Waals surface area contributed by atoms with Crippen LogP contribution in [0.2, 0.25) is 0 Å². The Bertz CT molecular complexity index is 620. The third-order valence-corrected chi connectivity index (χ3v) is 3.75. The van der Waals surface area contributed by atoms with Crippen LogP contribution in [0, 0.1) is 0 Å². The highest BCUT2D eigenvalue weighted by Crippen LogP contribution is 2.36. The van der Waals surface area contributed by atoms with Gasteiger partial charge in [-0.15, -0.1) is 10.2 Å². The van der Waals surface area contributed by atoms with Gasteiger partial charge in [-0.1, -0.05) is 43.8 Å². The van der Waals surface area contributed by atoms with Gasteiger partial charge in [0.2, 0.25) is 11.0 Å². The van der Waals surface area contributed by atoms with Crippen LogP contribution in [0.3, 0.4) is 0 Å². The van der Waals surface area contributed by atoms with Gasteiger partial charge in [0.1, 0.15) is 0 Å². The molecule has 104 valence electrons. The summed E-state index contributed by atoms with van der Waals surface area (Å²) in [5.74, 6) is 1.47. The highest BCUT2D eigenvalue weighted by molar-refractivity contribution is 7.99. The number of fused-ring (bicyclic) bond motifs is 3. The minimum atomic E-state index is -0.103. The average Bonchev–Trinajstić information content (AvgIpc) is 2.63. The van der Waals surface area contributed by atoms with E-state index in [9.17, 15) is 0 Å². The van der Waals surface area contributed by atoms with Crippen molar-refractivity contribution in [2.24, 2.45) is 0 Å². The van der Waals surface area contributed by atoms with E-state index in [0.717, 1.165) is 23.4 Å². The molecule has 1 atom stereocenters. The van der Waals surface area contributed by atoms with Gasteiger partial charge < -0.3 is 10.1 Å². The SMILES string of the molecule is CCSc1nnc2c(n1)O[C@@H](CC)Nc1ccccc1-2. The maximum Gasteiger partial charge on any atom is 0.247 e. The highest BCUT2D eigenvalue weighted by Gasteiger charge is 2.23. The fourth-order valence-corrected chi connectivity index (χ4v) is 2.58. The molecule has 1 aromatic carbocycles. The molecule has 1 aliphatic heterocycles. The first-order valence-corrected chi connectivity index (χ1v) is 7.70. The lowest BCUT2D eigenvalue weighted by atomic mass is 10.1. The van der Waals surface area contributed by atoms with E-state index in [2.05, 4.69) is 34.3 Å². The fourth-order valence-electron chi connectivity index (χ4n) is 2.08. The summed E-state index contributed by atoms with van der Waals surface area (Å²) in [5, 5.41) is 12.5. The molecule has 0 amide bonds. The second-order valence-corrected chi connectivity index (χ2v) is 5.62. The Kier molecular flexibility index (Phi) is 3.73. The number of nitrogens with one attached hydrogen (secondary N) is 1. The lowest BCUT2D eigenvalue weighted by Crippen LogP contribution is -2.24. The van der Waals surface area contributed by atoms with E-state index in [1.54, 1.807) is 11.8 Å². The van der Waals surface area contributed by atoms with Gasteiger partial charge in [-0.3, -0.25) is 0 Å². The van der Waals surface area contributed by atoms with Crippen LogP contribution >= 0.6 is 11.8 Å². The number of para-hydroxylation sites is 1. The second-order valence-electron chi connectivity index (χ2n) is 4.39. The molecule has 0 fully saturated rings. The molecule has 1 N–H and O–H groups in total. The molecule has 0 saturated carbocycles. The standard InChI is InChI=1S/C14H16N4OS/c1-3-11-15-10-8-6-5-7-9(10)12-13(19-11)16-14(18-17-12)20-4-2/h5-8,11,15H,3-4H2,1-2H3/t11-/m0/s1. The van der Waals surface area contributed by atoms with Crippen molar-refractivity contribution in [1.82, 2.24) is 15.2 Å². The van der Waals surface area contributed by atoms with Crippen LogP contribution in [0.5, 0.6) is 5.88 Å². The molecule has 1 aromatic heterocycles. The third kappa shape index (κ3) is 2.43. The smallest absolute Gasteiger partial charge is 0.247 e. The molecule has 0 spiro atoms. The Balaban J connectivity index is 2.11. The molecule has 20 heavy (non-hydrogen) atoms. The molecule has 0 radical (unpaired) electrons. The van der Waals surface area contributed by atoms with E-state index in [0.29, 0.717) is 16.7 Å². The van der Waals surface area contributed by atoms with Crippen LogP contribution in [-0.4, -0.2) is 27.2 Å². The zero-order valence-electron chi connectivity index (χ0n) is 11.5. The summed E-state index contributed by atoms with van der Waals surface area (Å²) in [6.45, 7) is 4.13. The molecule has 2 aromatic rings. The van der Waals surface area contributed by atoms with E-state index < -0.39 is 0 Å². The quantitative estimate of drug-likeness (QED) is 0.875. The summed E-state index contributed by atoms with van der Waals surface area (Å²) >= 11 is 1.56. The van der Waals surface area contributed by atoms with Crippen molar-refractivity contribution in [3.63, 3.8) is 0 Å². The van der Waals surface area contributed by atoms with Gasteiger partial charge in [-0.25, -0.2) is 0 Å². The lowest BCUT2D eigenvalue weighted by molar-refractivity contribution is 0.216. The van der Waals surface area contributed by atoms with Crippen LogP contribution in [-0.2, 0) is 0 Å². The van der Waals surface area contributed by atoms with Crippen molar-refractivity contribution in [1.29, 1.82) is 0 Å². The molecule has 3 rings (SSSR count). The van der Waals surface area contributed by atoms with Crippen LogP contribution in [0.4, 0.5) is 5.69 Å². The van der Waals surface area contributed by atoms with Crippen LogP contribution < -0.4 is 10.1 Å². The van der Waals surface area contributed by atoms with Crippen molar-refractivity contribution in [3.05, 3.63) is 24.3 Å². The Morgan fingerprint density at radius 2 is 2.10 bits per heavy atom. The molecule has 5 nitrogen and oxygen atoms in total. The molecule has 6 heteroatoms. The van der Waals surface area contributed by atoms with Crippen molar-refractivity contribution < 1.29 is 4.74 Å². The molecule has 0 bridgehead atoms. The predicted octanol–water partition coefficient (Wildman–Crippen LogP) is 3.19. The largest absolute Gasteiger partial charge is 0.452 e. The summed E-state index contributed by atoms with van der Waals surface area (Å²) in [5.41, 5.74) is 2.68. The molecule has 0 unspecified atom stereocenters. The van der Waals surface area contributed by atoms with Crippen molar-refractivity contribution in [3.8, 4) is 17.1 Å². The number of hydrogen-bond donors (Lipinski definition) is 1. The number of ether oxygens (including phenoxy) is 1. The Morgan fingerprint density at radius 1 is 1.25 bits per heavy atom. The van der Waals surface area contributed by atoms with Gasteiger partial charge in [0.25, 0.3) is 0 Å². The number of rotatable bonds is 3. The Morgan fingerprint density at radius 3 is 2.90 bits per heavy atom. The first kappa shape index (κ1) is 13.2. The number of thioether (sulfide) groups is 1. The summed E-state index contributed by atoms with van der Waals surface area (Å²) in [7, 11) is 0. The van der Waals surface area contributed by atoms with E-state index in [-0.39, 0.29) is 6.23 Å². The van der Waals surface area contributed by atoms with Gasteiger partial charge >= 0.3 is 0 Å². The topological polar surface area (TPSA) is 59.9 Å². The number of aromatic nitrogens is 3. The summed E-state index contributed by atoms with van der Waals surface area (Å²) in [4.78, 5) is 4.49. The number of nitrogens with zero attached hydrogens (tertiary/aromatic N) is 3. The first-order chi connectivity index (χ1) is 9.81. The third-order valence-electron chi connectivity index (χ3n) is 3.03. The van der Waals surface area contributed by atoms with Gasteiger partial charge in [0, 0.05) is 17.7 Å². The molecular weight excluding hydrogens is 272 g/mol. The van der Waals surface area contributed by atoms with E-state index in [4.69, 9.17) is 4.74 Å². The first-order valence-electron chi connectivity index (χ1n) is 6.72. The summed E-state index contributed by atoms with van der Waals surface area (Å²) in [6.07, 6.45) is 0.738. The van der Waals surface area contributed by atoms with Crippen molar-refractivity contribution >= 4 is 17.4 Å². The molecular formula is C14H16N4OS. The number of anilines is 1. The normalized spacial score (nSPS) is 16.4. The van der Waals surface area contributed by atoms with Crippen LogP contribution in [0.1, 0.15) is 20.3 Å². The van der Waals surface area contributed by atoms with Crippen molar-refractivity contribution in [2.75, 3.05) is 11.1 Å². The van der Waals surface area contributed by atoms with Gasteiger partial charge in [-0.05, 0) is 11.8 Å². The Labute approximate surface area is 122 Å². The number of hydrogen-bond acceptors (Lipinski definition) is 6. The van der Waals surface area contributed by atoms with Gasteiger partial charge in [-0.2, -0.15) is 4.98 Å². The molecule has 1 aliphatic rings. The minimum absolute atomic E-state index is 0.103. The second kappa shape index (κ2) is 5.66. The number of benzene rings is 1. The molecule has 2 heterocycles. The van der Waals surface area contributed by atoms with E-state index in [1.165, 1.54) is 0 Å². The predicted molar refractivity (Wildman–Crippen MR) is 80.0 cm³/mol. The molecule has 0 aliphatic carbocycles. The maximum atomic E-state index is 5.94. The van der Waals surface area contributed by atoms with Crippen molar-refractivity contribution in [2.45, 2.75) is 31.7 Å². The fraction of sp³-hybridized carbons (Fsp3) is 0.357. The summed E-state index contributed by atoms with van der Waals surface area (Å²) in [6, 6.07) is 8.00. The average molecular weight is 288 g/mol. The van der Waals surface area contributed by atoms with E-state index in [1.807, 2.05) is 24.3 Å². The summed E-state index contributed by atoms with van der Waals surface area (Å²) < 4.78 is 5.94. The zero-order valence-corrected chi connectivity index (χ0v) is 12.3. The lowest BCUT2D eigenvalue weighted by Gasteiger charge is -2.16. The van der Waals surface area contributed by atoms with Gasteiger partial charge in [0.05, 0.1) is 0 Å². The molecule has 0 saturated heterocycles. The van der Waals surface area contributed by atoms with Crippen LogP contribution in [0.25, 0.3) is 11.3 Å². The zero-order chi connectivity index (χ0) is 13.9. The van der Waals surface area contributed by atoms with Crippen LogP contribution in [0.15, 0.2) is 29.4 Å². The monoisotopic (exact) mass is 288 g/mol. The Hall–Kier alpha value is -1.82. The minimum Gasteiger partial charge on any atom is -0.452 e. The highest BCUT2D eigenvalue weighted by atomic mass is 32.2. The maximum absolute atomic E-state index is 5.94. The van der Waals surface area contributed by atoms with E-state index >= 15 is 0 Å².